The van der Waals surface area contributed by atoms with Crippen molar-refractivity contribution in [3.8, 4) is 0 Å². The molecule has 2 amide bonds. The summed E-state index contributed by atoms with van der Waals surface area (Å²) in [5, 5.41) is 4.73. The molecular weight excluding hydrogens is 339 g/mol. The highest BCUT2D eigenvalue weighted by Crippen LogP contribution is 2.17. The van der Waals surface area contributed by atoms with Gasteiger partial charge in [0, 0.05) is 37.4 Å². The predicted octanol–water partition coefficient (Wildman–Crippen LogP) is 3.15. The average Bonchev–Trinajstić information content (AvgIpc) is 2.55. The number of hydrogen-bond donors (Lipinski definition) is 2. The number of ether oxygens (including phenoxy) is 1. The quantitative estimate of drug-likeness (QED) is 0.746. The van der Waals surface area contributed by atoms with Gasteiger partial charge in [0.1, 0.15) is 0 Å². The summed E-state index contributed by atoms with van der Waals surface area (Å²) in [6.45, 7) is 4.05. The molecule has 6 nitrogen and oxygen atoms in total. The first-order valence-electron chi connectivity index (χ1n) is 7.87. The van der Waals surface area contributed by atoms with Crippen LogP contribution in [0, 0.1) is 0 Å². The van der Waals surface area contributed by atoms with Crippen LogP contribution >= 0.6 is 0 Å². The Bertz CT molecular complexity index is 558. The molecular formula is C16H22F3N3O3. The van der Waals surface area contributed by atoms with Crippen LogP contribution in [0.25, 0.3) is 0 Å². The molecule has 0 heterocycles. The molecule has 0 spiro atoms. The van der Waals surface area contributed by atoms with E-state index in [-0.39, 0.29) is 18.9 Å². The van der Waals surface area contributed by atoms with Gasteiger partial charge in [-0.05, 0) is 38.1 Å². The van der Waals surface area contributed by atoms with Crippen molar-refractivity contribution in [2.24, 2.45) is 0 Å². The van der Waals surface area contributed by atoms with Crippen LogP contribution in [0.5, 0.6) is 0 Å². The molecule has 1 rings (SSSR count). The Morgan fingerprint density at radius 2 is 1.72 bits per heavy atom. The minimum Gasteiger partial charge on any atom is -0.440 e. The Kier molecular flexibility index (Phi) is 8.03. The molecule has 0 atom stereocenters. The van der Waals surface area contributed by atoms with Crippen molar-refractivity contribution in [3.63, 3.8) is 0 Å². The van der Waals surface area contributed by atoms with E-state index in [2.05, 4.69) is 20.3 Å². The first kappa shape index (κ1) is 20.6. The van der Waals surface area contributed by atoms with E-state index >= 15 is 0 Å². The topological polar surface area (TPSA) is 70.7 Å². The molecule has 0 saturated heterocycles. The minimum atomic E-state index is -4.58. The van der Waals surface area contributed by atoms with E-state index in [1.165, 1.54) is 0 Å². The molecule has 0 radical (unpaired) electrons. The van der Waals surface area contributed by atoms with Gasteiger partial charge in [0.25, 0.3) is 0 Å². The van der Waals surface area contributed by atoms with Crippen LogP contribution in [0.2, 0.25) is 0 Å². The fourth-order valence-electron chi connectivity index (χ4n) is 2.04. The molecule has 140 valence electrons. The second kappa shape index (κ2) is 9.75. The molecule has 0 bridgehead atoms. The first-order chi connectivity index (χ1) is 11.7. The molecule has 0 aromatic heterocycles. The summed E-state index contributed by atoms with van der Waals surface area (Å²) in [7, 11) is 0. The fraction of sp³-hybridized carbons (Fsp3) is 0.500. The maximum Gasteiger partial charge on any atom is 0.422 e. The van der Waals surface area contributed by atoms with E-state index in [0.717, 1.165) is 18.8 Å². The lowest BCUT2D eigenvalue weighted by atomic mass is 10.2. The number of halogens is 3. The predicted molar refractivity (Wildman–Crippen MR) is 88.7 cm³/mol. The molecule has 9 heteroatoms. The highest BCUT2D eigenvalue weighted by atomic mass is 19.4. The molecule has 1 aromatic carbocycles. The maximum atomic E-state index is 11.9. The van der Waals surface area contributed by atoms with Gasteiger partial charge >= 0.3 is 12.3 Å². The number of carbonyl (C=O) groups is 2. The molecule has 1 aromatic rings. The third kappa shape index (κ3) is 8.27. The number of benzene rings is 1. The zero-order valence-electron chi connectivity index (χ0n) is 14.2. The van der Waals surface area contributed by atoms with Crippen LogP contribution in [0.1, 0.15) is 20.3 Å². The lowest BCUT2D eigenvalue weighted by molar-refractivity contribution is -0.160. The van der Waals surface area contributed by atoms with E-state index in [4.69, 9.17) is 0 Å². The maximum absolute atomic E-state index is 11.9. The normalized spacial score (nSPS) is 10.9. The van der Waals surface area contributed by atoms with Crippen molar-refractivity contribution in [2.45, 2.75) is 26.4 Å². The number of alkyl carbamates (subject to hydrolysis) is 1. The summed E-state index contributed by atoms with van der Waals surface area (Å²) in [5.74, 6) is -0.369. The van der Waals surface area contributed by atoms with Gasteiger partial charge < -0.3 is 20.3 Å². The van der Waals surface area contributed by atoms with Gasteiger partial charge in [-0.3, -0.25) is 4.79 Å². The monoisotopic (exact) mass is 361 g/mol. The number of rotatable bonds is 8. The van der Waals surface area contributed by atoms with E-state index in [9.17, 15) is 22.8 Å². The van der Waals surface area contributed by atoms with Crippen molar-refractivity contribution in [1.29, 1.82) is 0 Å². The van der Waals surface area contributed by atoms with Crippen LogP contribution < -0.4 is 15.5 Å². The molecule has 0 aliphatic carbocycles. The van der Waals surface area contributed by atoms with E-state index in [0.29, 0.717) is 5.69 Å². The Balaban J connectivity index is 2.33. The highest BCUT2D eigenvalue weighted by Gasteiger charge is 2.29. The van der Waals surface area contributed by atoms with Crippen molar-refractivity contribution in [3.05, 3.63) is 24.3 Å². The largest absolute Gasteiger partial charge is 0.440 e. The summed E-state index contributed by atoms with van der Waals surface area (Å²) >= 11 is 0. The molecule has 0 aliphatic rings. The van der Waals surface area contributed by atoms with E-state index in [1.54, 1.807) is 12.1 Å². The summed E-state index contributed by atoms with van der Waals surface area (Å²) in [4.78, 5) is 24.9. The highest BCUT2D eigenvalue weighted by molar-refractivity contribution is 5.91. The molecule has 0 fully saturated rings. The lowest BCUT2D eigenvalue weighted by Crippen LogP contribution is -2.31. The molecule has 25 heavy (non-hydrogen) atoms. The molecule has 0 saturated carbocycles. The second-order valence-corrected chi connectivity index (χ2v) is 5.14. The fourth-order valence-corrected chi connectivity index (χ4v) is 2.04. The summed E-state index contributed by atoms with van der Waals surface area (Å²) in [5.41, 5.74) is 1.64. The number of alkyl halides is 3. The van der Waals surface area contributed by atoms with Gasteiger partial charge in [-0.25, -0.2) is 4.79 Å². The lowest BCUT2D eigenvalue weighted by Gasteiger charge is -2.21. The van der Waals surface area contributed by atoms with Gasteiger partial charge in [-0.1, -0.05) is 0 Å². The number of anilines is 2. The van der Waals surface area contributed by atoms with Crippen LogP contribution in [-0.4, -0.2) is 44.4 Å². The van der Waals surface area contributed by atoms with Gasteiger partial charge in [-0.2, -0.15) is 13.2 Å². The first-order valence-corrected chi connectivity index (χ1v) is 7.87. The van der Waals surface area contributed by atoms with Crippen LogP contribution in [0.15, 0.2) is 24.3 Å². The van der Waals surface area contributed by atoms with Crippen molar-refractivity contribution >= 4 is 23.4 Å². The Morgan fingerprint density at radius 1 is 1.12 bits per heavy atom. The molecule has 0 aliphatic heterocycles. The third-order valence-electron chi connectivity index (χ3n) is 3.27. The van der Waals surface area contributed by atoms with Gasteiger partial charge in [0.15, 0.2) is 6.61 Å². The molecule has 0 unspecified atom stereocenters. The Labute approximate surface area is 144 Å². The van der Waals surface area contributed by atoms with Gasteiger partial charge in [0.2, 0.25) is 5.91 Å². The summed E-state index contributed by atoms with van der Waals surface area (Å²) < 4.78 is 39.5. The van der Waals surface area contributed by atoms with Crippen molar-refractivity contribution in [1.82, 2.24) is 5.32 Å². The Morgan fingerprint density at radius 3 is 2.24 bits per heavy atom. The number of hydrogen-bond acceptors (Lipinski definition) is 4. The number of nitrogens with zero attached hydrogens (tertiary/aromatic N) is 1. The molecule has 2 N–H and O–H groups in total. The van der Waals surface area contributed by atoms with Crippen LogP contribution in [-0.2, 0) is 9.53 Å². The number of carbonyl (C=O) groups excluding carboxylic acids is 2. The van der Waals surface area contributed by atoms with E-state index in [1.807, 2.05) is 26.0 Å². The Hall–Kier alpha value is -2.45. The van der Waals surface area contributed by atoms with Gasteiger partial charge in [0.05, 0.1) is 0 Å². The standard InChI is InChI=1S/C16H22F3N3O3/c1-3-22(4-2)13-7-5-12(6-8-13)21-14(23)9-10-20-15(24)25-11-16(17,18)19/h5-8H,3-4,9-11H2,1-2H3,(H,20,24)(H,21,23). The number of amides is 2. The van der Waals surface area contributed by atoms with Gasteiger partial charge in [-0.15, -0.1) is 0 Å². The zero-order valence-corrected chi connectivity index (χ0v) is 14.2. The third-order valence-corrected chi connectivity index (χ3v) is 3.27. The van der Waals surface area contributed by atoms with Crippen molar-refractivity contribution < 1.29 is 27.5 Å². The second-order valence-electron chi connectivity index (χ2n) is 5.14. The average molecular weight is 361 g/mol. The zero-order chi connectivity index (χ0) is 18.9. The number of nitrogens with one attached hydrogen (secondary N) is 2. The van der Waals surface area contributed by atoms with Crippen molar-refractivity contribution in [2.75, 3.05) is 36.5 Å². The smallest absolute Gasteiger partial charge is 0.422 e. The summed E-state index contributed by atoms with van der Waals surface area (Å²) in [6.07, 6.45) is -5.88. The minimum absolute atomic E-state index is 0.0844. The van der Waals surface area contributed by atoms with Crippen LogP contribution in [0.4, 0.5) is 29.3 Å². The van der Waals surface area contributed by atoms with E-state index < -0.39 is 18.9 Å². The van der Waals surface area contributed by atoms with Crippen LogP contribution in [0.3, 0.4) is 0 Å². The SMILES string of the molecule is CCN(CC)c1ccc(NC(=O)CCNC(=O)OCC(F)(F)F)cc1. The summed E-state index contributed by atoms with van der Waals surface area (Å²) in [6, 6.07) is 7.29.